The lowest BCUT2D eigenvalue weighted by atomic mass is 10.1. The maximum absolute atomic E-state index is 12.1. The molecule has 1 aromatic rings. The number of rotatable bonds is 3. The standard InChI is InChI=1S/C19H28N4O2/c1-19(2,3)25-18(24)22-12-9-15(10-13-22)20-17-11-14-23(21-17)16-7-5-4-6-8-16/h4-8,11,14-15,17,20-21H,9-10,12-13H2,1-3H3. The molecule has 1 atom stereocenters. The molecular formula is C19H28N4O2. The van der Waals surface area contributed by atoms with Gasteiger partial charge >= 0.3 is 6.09 Å². The first kappa shape index (κ1) is 17.8. The van der Waals surface area contributed by atoms with Crippen molar-refractivity contribution in [3.63, 3.8) is 0 Å². The maximum atomic E-state index is 12.1. The summed E-state index contributed by atoms with van der Waals surface area (Å²) in [5.41, 5.74) is 4.10. The second-order valence-corrected chi connectivity index (χ2v) is 7.56. The van der Waals surface area contributed by atoms with E-state index in [2.05, 4.69) is 29.0 Å². The molecule has 2 heterocycles. The molecule has 0 radical (unpaired) electrons. The van der Waals surface area contributed by atoms with Crippen LogP contribution >= 0.6 is 0 Å². The second kappa shape index (κ2) is 7.45. The van der Waals surface area contributed by atoms with Crippen LogP contribution in [0.3, 0.4) is 0 Å². The van der Waals surface area contributed by atoms with Gasteiger partial charge in [0.1, 0.15) is 5.60 Å². The average Bonchev–Trinajstić information content (AvgIpc) is 3.03. The molecule has 0 spiro atoms. The molecule has 1 saturated heterocycles. The van der Waals surface area contributed by atoms with Crippen molar-refractivity contribution in [2.75, 3.05) is 18.1 Å². The molecule has 2 N–H and O–H groups in total. The van der Waals surface area contributed by atoms with Gasteiger partial charge in [0.25, 0.3) is 0 Å². The Morgan fingerprint density at radius 2 is 1.88 bits per heavy atom. The van der Waals surface area contributed by atoms with Crippen molar-refractivity contribution in [1.29, 1.82) is 0 Å². The minimum Gasteiger partial charge on any atom is -0.444 e. The Labute approximate surface area is 149 Å². The van der Waals surface area contributed by atoms with Crippen molar-refractivity contribution in [3.8, 4) is 0 Å². The zero-order valence-corrected chi connectivity index (χ0v) is 15.2. The quantitative estimate of drug-likeness (QED) is 0.883. The zero-order valence-electron chi connectivity index (χ0n) is 15.2. The van der Waals surface area contributed by atoms with Crippen LogP contribution in [0.2, 0.25) is 0 Å². The highest BCUT2D eigenvalue weighted by atomic mass is 16.6. The first-order chi connectivity index (χ1) is 11.9. The van der Waals surface area contributed by atoms with Gasteiger partial charge in [-0.1, -0.05) is 18.2 Å². The van der Waals surface area contributed by atoms with E-state index in [1.54, 1.807) is 4.90 Å². The fourth-order valence-electron chi connectivity index (χ4n) is 3.06. The molecule has 0 saturated carbocycles. The first-order valence-electron chi connectivity index (χ1n) is 8.93. The van der Waals surface area contributed by atoms with Crippen LogP contribution in [0.4, 0.5) is 10.5 Å². The number of carbonyl (C=O) groups excluding carboxylic acids is 1. The summed E-state index contributed by atoms with van der Waals surface area (Å²) in [6, 6.07) is 10.6. The van der Waals surface area contributed by atoms with E-state index in [0.717, 1.165) is 31.6 Å². The summed E-state index contributed by atoms with van der Waals surface area (Å²) in [5, 5.41) is 5.63. The molecule has 1 unspecified atom stereocenters. The van der Waals surface area contributed by atoms with Gasteiger partial charge in [0.05, 0.1) is 11.9 Å². The molecule has 0 aromatic heterocycles. The Morgan fingerprint density at radius 3 is 2.52 bits per heavy atom. The Bertz CT molecular complexity index is 604. The number of benzene rings is 1. The van der Waals surface area contributed by atoms with Crippen LogP contribution in [-0.4, -0.2) is 41.9 Å². The topological polar surface area (TPSA) is 56.8 Å². The number of nitrogens with zero attached hydrogens (tertiary/aromatic N) is 2. The molecule has 1 aromatic carbocycles. The number of likely N-dealkylation sites (tertiary alicyclic amines) is 1. The van der Waals surface area contributed by atoms with E-state index in [-0.39, 0.29) is 12.3 Å². The summed E-state index contributed by atoms with van der Waals surface area (Å²) in [6.45, 7) is 7.15. The summed E-state index contributed by atoms with van der Waals surface area (Å²) in [4.78, 5) is 13.9. The molecule has 2 aliphatic rings. The van der Waals surface area contributed by atoms with Crippen LogP contribution < -0.4 is 15.8 Å². The van der Waals surface area contributed by atoms with Gasteiger partial charge in [0.15, 0.2) is 0 Å². The van der Waals surface area contributed by atoms with Gasteiger partial charge in [-0.25, -0.2) is 10.2 Å². The third-order valence-corrected chi connectivity index (χ3v) is 4.30. The van der Waals surface area contributed by atoms with Gasteiger partial charge in [-0.2, -0.15) is 0 Å². The Balaban J connectivity index is 1.43. The molecular weight excluding hydrogens is 316 g/mol. The Hall–Kier alpha value is -2.05. The highest BCUT2D eigenvalue weighted by Gasteiger charge is 2.28. The lowest BCUT2D eigenvalue weighted by molar-refractivity contribution is 0.0196. The van der Waals surface area contributed by atoms with E-state index in [1.165, 1.54) is 0 Å². The largest absolute Gasteiger partial charge is 0.444 e. The number of carbonyl (C=O) groups is 1. The molecule has 2 aliphatic heterocycles. The second-order valence-electron chi connectivity index (χ2n) is 7.56. The highest BCUT2D eigenvalue weighted by molar-refractivity contribution is 5.68. The number of ether oxygens (including phenoxy) is 1. The highest BCUT2D eigenvalue weighted by Crippen LogP contribution is 2.18. The molecule has 6 heteroatoms. The van der Waals surface area contributed by atoms with Crippen molar-refractivity contribution in [2.45, 2.75) is 51.4 Å². The van der Waals surface area contributed by atoms with Crippen LogP contribution in [0.15, 0.2) is 42.6 Å². The number of piperidine rings is 1. The molecule has 0 bridgehead atoms. The number of hydrogen-bond donors (Lipinski definition) is 2. The number of nitrogens with one attached hydrogen (secondary N) is 2. The fraction of sp³-hybridized carbons (Fsp3) is 0.526. The SMILES string of the molecule is CC(C)(C)OC(=O)N1CCC(NC2C=CN(c3ccccc3)N2)CC1. The summed E-state index contributed by atoms with van der Waals surface area (Å²) < 4.78 is 5.45. The van der Waals surface area contributed by atoms with Crippen LogP contribution in [0.25, 0.3) is 0 Å². The van der Waals surface area contributed by atoms with Gasteiger partial charge in [0, 0.05) is 25.3 Å². The summed E-state index contributed by atoms with van der Waals surface area (Å²) in [5.74, 6) is 0. The predicted octanol–water partition coefficient (Wildman–Crippen LogP) is 2.84. The summed E-state index contributed by atoms with van der Waals surface area (Å²) in [7, 11) is 0. The normalized spacial score (nSPS) is 21.6. The minimum atomic E-state index is -0.439. The van der Waals surface area contributed by atoms with Crippen molar-refractivity contribution in [2.24, 2.45) is 0 Å². The molecule has 1 amide bonds. The molecule has 25 heavy (non-hydrogen) atoms. The Morgan fingerprint density at radius 1 is 1.20 bits per heavy atom. The van der Waals surface area contributed by atoms with E-state index in [4.69, 9.17) is 4.74 Å². The van der Waals surface area contributed by atoms with E-state index in [1.807, 2.05) is 50.2 Å². The van der Waals surface area contributed by atoms with Gasteiger partial charge in [-0.3, -0.25) is 10.3 Å². The van der Waals surface area contributed by atoms with Crippen molar-refractivity contribution in [3.05, 3.63) is 42.6 Å². The number of hydrogen-bond acceptors (Lipinski definition) is 5. The number of anilines is 1. The first-order valence-corrected chi connectivity index (χ1v) is 8.93. The van der Waals surface area contributed by atoms with Crippen LogP contribution in [0.1, 0.15) is 33.6 Å². The van der Waals surface area contributed by atoms with Gasteiger partial charge in [0.2, 0.25) is 0 Å². The van der Waals surface area contributed by atoms with Crippen LogP contribution in [0, 0.1) is 0 Å². The number of amides is 1. The van der Waals surface area contributed by atoms with Gasteiger partial charge in [-0.05, 0) is 51.8 Å². The van der Waals surface area contributed by atoms with Gasteiger partial charge < -0.3 is 9.64 Å². The number of para-hydroxylation sites is 1. The minimum absolute atomic E-state index is 0.110. The molecule has 136 valence electrons. The molecule has 1 fully saturated rings. The van der Waals surface area contributed by atoms with Gasteiger partial charge in [-0.15, -0.1) is 0 Å². The monoisotopic (exact) mass is 344 g/mol. The smallest absolute Gasteiger partial charge is 0.410 e. The molecule has 3 rings (SSSR count). The zero-order chi connectivity index (χ0) is 17.9. The van der Waals surface area contributed by atoms with Crippen LogP contribution in [0.5, 0.6) is 0 Å². The lowest BCUT2D eigenvalue weighted by Crippen LogP contribution is -2.52. The maximum Gasteiger partial charge on any atom is 0.410 e. The summed E-state index contributed by atoms with van der Waals surface area (Å²) in [6.07, 6.45) is 5.92. The van der Waals surface area contributed by atoms with Crippen molar-refractivity contribution >= 4 is 11.8 Å². The van der Waals surface area contributed by atoms with E-state index in [9.17, 15) is 4.79 Å². The Kier molecular flexibility index (Phi) is 5.30. The lowest BCUT2D eigenvalue weighted by Gasteiger charge is -2.35. The third kappa shape index (κ3) is 4.96. The van der Waals surface area contributed by atoms with Crippen molar-refractivity contribution in [1.82, 2.24) is 15.6 Å². The third-order valence-electron chi connectivity index (χ3n) is 4.30. The number of hydrazine groups is 1. The molecule has 6 nitrogen and oxygen atoms in total. The van der Waals surface area contributed by atoms with E-state index in [0.29, 0.717) is 6.04 Å². The average molecular weight is 344 g/mol. The van der Waals surface area contributed by atoms with E-state index < -0.39 is 5.60 Å². The van der Waals surface area contributed by atoms with Crippen LogP contribution in [-0.2, 0) is 4.74 Å². The molecule has 0 aliphatic carbocycles. The van der Waals surface area contributed by atoms with Crippen molar-refractivity contribution < 1.29 is 9.53 Å². The predicted molar refractivity (Wildman–Crippen MR) is 98.9 cm³/mol. The van der Waals surface area contributed by atoms with E-state index >= 15 is 0 Å². The summed E-state index contributed by atoms with van der Waals surface area (Å²) >= 11 is 0. The fourth-order valence-corrected chi connectivity index (χ4v) is 3.06.